The van der Waals surface area contributed by atoms with E-state index >= 15 is 0 Å². The lowest BCUT2D eigenvalue weighted by atomic mass is 9.99. The highest BCUT2D eigenvalue weighted by atomic mass is 16.7. The predicted molar refractivity (Wildman–Crippen MR) is 310 cm³/mol. The zero-order valence-electron chi connectivity index (χ0n) is 48.4. The Labute approximate surface area is 459 Å². The van der Waals surface area contributed by atoms with Crippen molar-refractivity contribution in [3.05, 3.63) is 48.6 Å². The lowest BCUT2D eigenvalue weighted by Crippen LogP contribution is -2.61. The zero-order chi connectivity index (χ0) is 54.7. The molecule has 1 heterocycles. The number of allylic oxidation sites excluding steroid dienone is 7. The third-order valence-electron chi connectivity index (χ3n) is 14.7. The van der Waals surface area contributed by atoms with Gasteiger partial charge in [-0.3, -0.25) is 9.59 Å². The van der Waals surface area contributed by atoms with Crippen LogP contribution in [0.4, 0.5) is 0 Å². The van der Waals surface area contributed by atoms with Crippen LogP contribution in [-0.2, 0) is 23.8 Å². The van der Waals surface area contributed by atoms with E-state index in [9.17, 15) is 35.1 Å². The number of aliphatic hydroxyl groups is 5. The summed E-state index contributed by atoms with van der Waals surface area (Å²) in [5.41, 5.74) is 0. The van der Waals surface area contributed by atoms with Crippen LogP contribution >= 0.6 is 0 Å². The summed E-state index contributed by atoms with van der Waals surface area (Å²) < 4.78 is 17.6. The maximum atomic E-state index is 13.3. The number of rotatable bonds is 53. The van der Waals surface area contributed by atoms with Gasteiger partial charge in [-0.1, -0.05) is 262 Å². The van der Waals surface area contributed by atoms with Crippen molar-refractivity contribution in [1.29, 1.82) is 0 Å². The molecule has 0 radical (unpaired) electrons. The lowest BCUT2D eigenvalue weighted by molar-refractivity contribution is -0.305. The smallest absolute Gasteiger partial charge is 0.306 e. The molecule has 0 aromatic carbocycles. The lowest BCUT2D eigenvalue weighted by Gasteiger charge is -2.41. The summed E-state index contributed by atoms with van der Waals surface area (Å²) in [4.78, 5) is 26.5. The van der Waals surface area contributed by atoms with Gasteiger partial charge >= 0.3 is 5.97 Å². The molecule has 75 heavy (non-hydrogen) atoms. The van der Waals surface area contributed by atoms with E-state index in [1.54, 1.807) is 6.08 Å². The summed E-state index contributed by atoms with van der Waals surface area (Å²) in [5, 5.41) is 56.8. The Kier molecular flexibility index (Phi) is 49.3. The van der Waals surface area contributed by atoms with E-state index < -0.39 is 67.4 Å². The summed E-state index contributed by atoms with van der Waals surface area (Å²) in [6, 6.07) is -1.02. The molecule has 0 bridgehead atoms. The number of esters is 1. The van der Waals surface area contributed by atoms with Crippen LogP contribution in [0.5, 0.6) is 0 Å². The quantitative estimate of drug-likeness (QED) is 0.0195. The third-order valence-corrected chi connectivity index (χ3v) is 14.7. The normalized spacial score (nSPS) is 19.5. The van der Waals surface area contributed by atoms with Crippen LogP contribution in [0.3, 0.4) is 0 Å². The van der Waals surface area contributed by atoms with Gasteiger partial charge in [-0.25, -0.2) is 0 Å². The van der Waals surface area contributed by atoms with E-state index in [4.69, 9.17) is 14.2 Å². The van der Waals surface area contributed by atoms with Crippen LogP contribution in [0.2, 0.25) is 0 Å². The van der Waals surface area contributed by atoms with Crippen molar-refractivity contribution < 1.29 is 49.3 Å². The molecule has 1 fully saturated rings. The van der Waals surface area contributed by atoms with Crippen LogP contribution in [0.25, 0.3) is 0 Å². The average Bonchev–Trinajstić information content (AvgIpc) is 3.41. The fraction of sp³-hybridized carbons (Fsp3) is 0.844. The van der Waals surface area contributed by atoms with E-state index in [0.29, 0.717) is 19.3 Å². The first-order chi connectivity index (χ1) is 36.7. The molecular formula is C64H117NO10. The van der Waals surface area contributed by atoms with E-state index in [1.165, 1.54) is 167 Å². The maximum absolute atomic E-state index is 13.3. The van der Waals surface area contributed by atoms with Crippen molar-refractivity contribution >= 4 is 11.9 Å². The van der Waals surface area contributed by atoms with E-state index in [0.717, 1.165) is 70.6 Å². The second-order valence-electron chi connectivity index (χ2n) is 21.8. The Balaban J connectivity index is 2.56. The number of hydrogen-bond donors (Lipinski definition) is 6. The molecule has 0 aromatic rings. The monoisotopic (exact) mass is 1060 g/mol. The van der Waals surface area contributed by atoms with Gasteiger partial charge in [0.25, 0.3) is 0 Å². The second kappa shape index (κ2) is 52.3. The topological polar surface area (TPSA) is 175 Å². The SMILES string of the molecule is CCCCC/C=C\C/C=C\C/C=C\CCCCCCCCCCCCCCC(=O)OC1C(OCC(NC(=O)C(O)CCCCCCCCCCCC)C(O)/C=C/CCCCCCCCCCC)OC(CO)C(O)C1O. The summed E-state index contributed by atoms with van der Waals surface area (Å²) in [6.07, 6.45) is 53.1. The molecule has 8 unspecified atom stereocenters. The van der Waals surface area contributed by atoms with Crippen LogP contribution < -0.4 is 5.32 Å². The van der Waals surface area contributed by atoms with Gasteiger partial charge in [0.2, 0.25) is 5.91 Å². The molecule has 0 aliphatic carbocycles. The molecule has 1 aliphatic rings. The average molecular weight is 1060 g/mol. The molecule has 11 nitrogen and oxygen atoms in total. The molecule has 438 valence electrons. The van der Waals surface area contributed by atoms with Crippen molar-refractivity contribution in [3.63, 3.8) is 0 Å². The van der Waals surface area contributed by atoms with Gasteiger partial charge in [-0.15, -0.1) is 0 Å². The molecule has 11 heteroatoms. The van der Waals surface area contributed by atoms with Crippen LogP contribution in [0, 0.1) is 0 Å². The highest BCUT2D eigenvalue weighted by molar-refractivity contribution is 5.80. The molecule has 0 saturated carbocycles. The fourth-order valence-electron chi connectivity index (χ4n) is 9.72. The Bertz CT molecular complexity index is 1400. The highest BCUT2D eigenvalue weighted by Gasteiger charge is 2.47. The number of carbonyl (C=O) groups excluding carboxylic acids is 2. The van der Waals surface area contributed by atoms with Crippen LogP contribution in [0.15, 0.2) is 48.6 Å². The summed E-state index contributed by atoms with van der Waals surface area (Å²) >= 11 is 0. The van der Waals surface area contributed by atoms with Crippen molar-refractivity contribution in [1.82, 2.24) is 5.32 Å². The van der Waals surface area contributed by atoms with Crippen molar-refractivity contribution in [2.45, 2.75) is 333 Å². The number of nitrogens with one attached hydrogen (secondary N) is 1. The molecule has 1 saturated heterocycles. The molecule has 1 amide bonds. The van der Waals surface area contributed by atoms with Gasteiger partial charge < -0.3 is 45.1 Å². The molecule has 0 aromatic heterocycles. The number of amides is 1. The van der Waals surface area contributed by atoms with Crippen LogP contribution in [0.1, 0.15) is 284 Å². The van der Waals surface area contributed by atoms with Crippen molar-refractivity contribution in [2.75, 3.05) is 13.2 Å². The fourth-order valence-corrected chi connectivity index (χ4v) is 9.72. The van der Waals surface area contributed by atoms with Gasteiger partial charge in [0.1, 0.15) is 24.4 Å². The predicted octanol–water partition coefficient (Wildman–Crippen LogP) is 14.8. The molecule has 1 rings (SSSR count). The minimum atomic E-state index is -1.61. The highest BCUT2D eigenvalue weighted by Crippen LogP contribution is 2.26. The Morgan fingerprint density at radius 1 is 0.520 bits per heavy atom. The Hall–Kier alpha value is -2.38. The van der Waals surface area contributed by atoms with E-state index in [-0.39, 0.29) is 13.0 Å². The summed E-state index contributed by atoms with van der Waals surface area (Å²) in [5.74, 6) is -1.19. The number of hydrogen-bond acceptors (Lipinski definition) is 10. The Morgan fingerprint density at radius 2 is 0.920 bits per heavy atom. The first-order valence-corrected chi connectivity index (χ1v) is 31.4. The summed E-state index contributed by atoms with van der Waals surface area (Å²) in [6.45, 7) is 5.74. The minimum absolute atomic E-state index is 0.123. The largest absolute Gasteiger partial charge is 0.454 e. The van der Waals surface area contributed by atoms with Gasteiger partial charge in [-0.05, 0) is 64.2 Å². The van der Waals surface area contributed by atoms with E-state index in [1.807, 2.05) is 6.08 Å². The number of ether oxygens (including phenoxy) is 3. The first-order valence-electron chi connectivity index (χ1n) is 31.4. The van der Waals surface area contributed by atoms with Gasteiger partial charge in [-0.2, -0.15) is 0 Å². The zero-order valence-corrected chi connectivity index (χ0v) is 48.4. The maximum Gasteiger partial charge on any atom is 0.306 e. The standard InChI is InChI=1S/C64H117NO10/c1-4-7-10-13-16-19-22-23-24-25-26-27-28-29-30-31-32-33-34-35-37-40-43-46-49-52-59(69)75-62-61(71)60(70)58(53-66)74-64(62)73-54-55(56(67)50-47-44-41-39-36-20-17-14-11-8-5-2)65-63(72)57(68)51-48-45-42-38-21-18-15-12-9-6-3/h16,19,23-24,26-27,47,50,55-58,60-62,64,66-68,70-71H,4-15,17-18,20-22,25,28-46,48-49,51-54H2,1-3H3,(H,65,72)/b19-16-,24-23-,27-26-,50-47+. The molecule has 0 spiro atoms. The van der Waals surface area contributed by atoms with Crippen molar-refractivity contribution in [2.24, 2.45) is 0 Å². The third kappa shape index (κ3) is 40.5. The molecular weight excluding hydrogens is 943 g/mol. The Morgan fingerprint density at radius 3 is 1.40 bits per heavy atom. The second-order valence-corrected chi connectivity index (χ2v) is 21.8. The first kappa shape index (κ1) is 70.6. The summed E-state index contributed by atoms with van der Waals surface area (Å²) in [7, 11) is 0. The van der Waals surface area contributed by atoms with Crippen molar-refractivity contribution in [3.8, 4) is 0 Å². The van der Waals surface area contributed by atoms with Gasteiger partial charge in [0, 0.05) is 6.42 Å². The number of unbranched alkanes of at least 4 members (excludes halogenated alkanes) is 33. The molecule has 6 N–H and O–H groups in total. The van der Waals surface area contributed by atoms with Gasteiger partial charge in [0.05, 0.1) is 25.4 Å². The number of carbonyl (C=O) groups is 2. The molecule has 8 atom stereocenters. The number of aliphatic hydroxyl groups excluding tert-OH is 5. The minimum Gasteiger partial charge on any atom is -0.454 e. The van der Waals surface area contributed by atoms with E-state index in [2.05, 4.69) is 62.5 Å². The molecule has 1 aliphatic heterocycles. The van der Waals surface area contributed by atoms with Crippen LogP contribution in [-0.4, -0.2) is 99.6 Å². The van der Waals surface area contributed by atoms with Gasteiger partial charge in [0.15, 0.2) is 12.4 Å².